The van der Waals surface area contributed by atoms with Crippen LogP contribution in [0.1, 0.15) is 39.7 Å². The Morgan fingerprint density at radius 2 is 1.79 bits per heavy atom. The molecule has 0 saturated carbocycles. The molecule has 1 N–H and O–H groups in total. The highest BCUT2D eigenvalue weighted by molar-refractivity contribution is 8.02. The second-order valence-corrected chi connectivity index (χ2v) is 12.0. The molecule has 6 heteroatoms. The molecule has 4 nitrogen and oxygen atoms in total. The lowest BCUT2D eigenvalue weighted by molar-refractivity contribution is -0.237. The van der Waals surface area contributed by atoms with Crippen molar-refractivity contribution in [1.29, 1.82) is 0 Å². The summed E-state index contributed by atoms with van der Waals surface area (Å²) in [6, 6.07) is 10.5. The zero-order valence-corrected chi connectivity index (χ0v) is 16.7. The number of benzene rings is 1. The van der Waals surface area contributed by atoms with Crippen LogP contribution in [-0.2, 0) is 15.5 Å². The molecule has 3 rings (SSSR count). The van der Waals surface area contributed by atoms with E-state index >= 15 is 0 Å². The van der Waals surface area contributed by atoms with Gasteiger partial charge in [-0.2, -0.15) is 0 Å². The summed E-state index contributed by atoms with van der Waals surface area (Å²) in [5, 5.41) is 3.80. The van der Waals surface area contributed by atoms with E-state index in [1.807, 2.05) is 17.8 Å². The largest absolute Gasteiger partial charge is 0.630 e. The van der Waals surface area contributed by atoms with Crippen molar-refractivity contribution in [2.24, 2.45) is 5.41 Å². The lowest BCUT2D eigenvalue weighted by atomic mass is 9.97. The van der Waals surface area contributed by atoms with Gasteiger partial charge in [-0.3, -0.25) is 5.32 Å². The molecule has 24 heavy (non-hydrogen) atoms. The molecule has 2 atom stereocenters. The standard InChI is InChI=1S/C18H28NO3PS/c1-17(2)12-21-23(20,22-13-17)16-18(3,4)24-15(19-16)11-10-14-8-6-5-7-9-14/h5-9,15-16,19H,10-13H2,1-4H3/t15-,16-/m0/s1. The van der Waals surface area contributed by atoms with Crippen LogP contribution in [-0.4, -0.2) is 29.1 Å². The maximum atomic E-state index is 13.2. The van der Waals surface area contributed by atoms with Gasteiger partial charge in [-0.25, -0.2) is 9.05 Å². The smallest absolute Gasteiger partial charge is 0.256 e. The molecule has 0 radical (unpaired) electrons. The van der Waals surface area contributed by atoms with E-state index in [2.05, 4.69) is 57.3 Å². The van der Waals surface area contributed by atoms with E-state index in [1.54, 1.807) is 0 Å². The van der Waals surface area contributed by atoms with Gasteiger partial charge in [-0.05, 0) is 32.3 Å². The van der Waals surface area contributed by atoms with Gasteiger partial charge < -0.3 is 4.89 Å². The molecule has 134 valence electrons. The van der Waals surface area contributed by atoms with Gasteiger partial charge in [0.25, 0.3) is 7.94 Å². The van der Waals surface area contributed by atoms with Crippen LogP contribution >= 0.6 is 19.7 Å². The van der Waals surface area contributed by atoms with Crippen LogP contribution in [0.25, 0.3) is 0 Å². The van der Waals surface area contributed by atoms with Crippen LogP contribution in [0.3, 0.4) is 0 Å². The normalized spacial score (nSPS) is 31.0. The van der Waals surface area contributed by atoms with Crippen LogP contribution in [0.4, 0.5) is 0 Å². The Bertz CT molecular complexity index is 557. The number of thioether (sulfide) groups is 1. The van der Waals surface area contributed by atoms with E-state index in [-0.39, 0.29) is 21.3 Å². The number of rotatable bonds is 4. The van der Waals surface area contributed by atoms with Crippen molar-refractivity contribution < 1.29 is 13.9 Å². The highest BCUT2D eigenvalue weighted by Crippen LogP contribution is 2.66. The van der Waals surface area contributed by atoms with Crippen molar-refractivity contribution >= 4 is 19.7 Å². The van der Waals surface area contributed by atoms with E-state index in [0.717, 1.165) is 12.8 Å². The number of aryl methyl sites for hydroxylation is 1. The first-order valence-corrected chi connectivity index (χ1v) is 11.1. The summed E-state index contributed by atoms with van der Waals surface area (Å²) in [5.74, 6) is -0.258. The number of nitrogens with one attached hydrogen (secondary N) is 1. The van der Waals surface area contributed by atoms with Crippen LogP contribution in [0.2, 0.25) is 0 Å². The minimum atomic E-state index is -3.13. The van der Waals surface area contributed by atoms with Crippen molar-refractivity contribution in [3.05, 3.63) is 35.9 Å². The molecular formula is C18H28NO3PS. The highest BCUT2D eigenvalue weighted by Gasteiger charge is 2.58. The van der Waals surface area contributed by atoms with Crippen molar-refractivity contribution in [3.63, 3.8) is 0 Å². The molecule has 1 aromatic rings. The monoisotopic (exact) mass is 369 g/mol. The molecule has 0 amide bonds. The quantitative estimate of drug-likeness (QED) is 0.822. The van der Waals surface area contributed by atoms with Crippen molar-refractivity contribution in [3.8, 4) is 0 Å². The minimum Gasteiger partial charge on any atom is -0.630 e. The van der Waals surface area contributed by atoms with Gasteiger partial charge in [0.2, 0.25) is 0 Å². The molecule has 0 aromatic heterocycles. The number of hydrogen-bond acceptors (Lipinski definition) is 5. The fourth-order valence-electron chi connectivity index (χ4n) is 3.16. The topological polar surface area (TPSA) is 53.5 Å². The van der Waals surface area contributed by atoms with Gasteiger partial charge in [0, 0.05) is 5.41 Å². The molecule has 0 unspecified atom stereocenters. The van der Waals surface area contributed by atoms with Gasteiger partial charge in [-0.1, -0.05) is 44.2 Å². The SMILES string of the molecule is CC1(C)CO[P+]([O-])([C@@H]2N[C@H](CCc3ccccc3)SC2(C)C)OC1. The van der Waals surface area contributed by atoms with Gasteiger partial charge in [0.1, 0.15) is 13.2 Å². The second-order valence-electron chi connectivity index (χ2n) is 8.05. The third-order valence-electron chi connectivity index (χ3n) is 4.57. The van der Waals surface area contributed by atoms with Crippen molar-refractivity contribution in [2.75, 3.05) is 13.2 Å². The molecule has 0 aliphatic carbocycles. The van der Waals surface area contributed by atoms with Crippen LogP contribution in [0, 0.1) is 5.41 Å². The summed E-state index contributed by atoms with van der Waals surface area (Å²) in [4.78, 5) is 13.2. The zero-order valence-electron chi connectivity index (χ0n) is 15.0. The Hall–Kier alpha value is -0.160. The fraction of sp³-hybridized carbons (Fsp3) is 0.667. The second kappa shape index (κ2) is 6.86. The molecule has 0 spiro atoms. The third kappa shape index (κ3) is 4.14. The van der Waals surface area contributed by atoms with E-state index in [0.29, 0.717) is 13.2 Å². The average Bonchev–Trinajstić information content (AvgIpc) is 2.85. The summed E-state index contributed by atoms with van der Waals surface area (Å²) in [7, 11) is -3.13. The van der Waals surface area contributed by atoms with Crippen LogP contribution in [0.15, 0.2) is 30.3 Å². The van der Waals surface area contributed by atoms with E-state index in [9.17, 15) is 4.89 Å². The minimum absolute atomic E-state index is 0.0729. The van der Waals surface area contributed by atoms with E-state index < -0.39 is 7.94 Å². The summed E-state index contributed by atoms with van der Waals surface area (Å²) < 4.78 is 11.4. The van der Waals surface area contributed by atoms with Crippen molar-refractivity contribution in [2.45, 2.75) is 56.4 Å². The molecule has 2 heterocycles. The zero-order chi connectivity index (χ0) is 17.4. The Labute approximate surface area is 150 Å². The summed E-state index contributed by atoms with van der Waals surface area (Å²) in [6.07, 6.45) is 2.01. The van der Waals surface area contributed by atoms with Gasteiger partial charge in [0.05, 0.1) is 10.1 Å². The fourth-order valence-corrected chi connectivity index (χ4v) is 7.75. The molecule has 1 aromatic carbocycles. The molecule has 2 saturated heterocycles. The maximum absolute atomic E-state index is 13.2. The summed E-state index contributed by atoms with van der Waals surface area (Å²) >= 11 is 1.84. The molecular weight excluding hydrogens is 341 g/mol. The van der Waals surface area contributed by atoms with E-state index in [1.165, 1.54) is 5.56 Å². The Balaban J connectivity index is 1.63. The van der Waals surface area contributed by atoms with E-state index in [4.69, 9.17) is 9.05 Å². The van der Waals surface area contributed by atoms with Crippen LogP contribution < -0.4 is 10.2 Å². The first kappa shape index (κ1) is 18.6. The third-order valence-corrected chi connectivity index (χ3v) is 8.65. The first-order valence-electron chi connectivity index (χ1n) is 8.57. The first-order chi connectivity index (χ1) is 11.2. The molecule has 0 bridgehead atoms. The predicted molar refractivity (Wildman–Crippen MR) is 99.7 cm³/mol. The predicted octanol–water partition coefficient (Wildman–Crippen LogP) is 3.58. The Kier molecular flexibility index (Phi) is 5.33. The van der Waals surface area contributed by atoms with Crippen molar-refractivity contribution in [1.82, 2.24) is 5.32 Å². The Morgan fingerprint density at radius 3 is 2.42 bits per heavy atom. The average molecular weight is 369 g/mol. The molecule has 2 fully saturated rings. The highest BCUT2D eigenvalue weighted by atomic mass is 32.2. The van der Waals surface area contributed by atoms with Gasteiger partial charge in [-0.15, -0.1) is 11.8 Å². The lowest BCUT2D eigenvalue weighted by Gasteiger charge is -2.43. The summed E-state index contributed by atoms with van der Waals surface area (Å²) in [6.45, 7) is 9.37. The lowest BCUT2D eigenvalue weighted by Crippen LogP contribution is -2.49. The maximum Gasteiger partial charge on any atom is 0.256 e. The molecule has 2 aliphatic rings. The van der Waals surface area contributed by atoms with Gasteiger partial charge >= 0.3 is 0 Å². The number of hydrogen-bond donors (Lipinski definition) is 1. The van der Waals surface area contributed by atoms with Crippen LogP contribution in [0.5, 0.6) is 0 Å². The molecule has 2 aliphatic heterocycles. The summed E-state index contributed by atoms with van der Waals surface area (Å²) in [5.41, 5.74) is 1.26. The van der Waals surface area contributed by atoms with Gasteiger partial charge in [0.15, 0.2) is 5.78 Å². The Morgan fingerprint density at radius 1 is 1.17 bits per heavy atom.